The maximum Gasteiger partial charge on any atom is 0.387 e. The summed E-state index contributed by atoms with van der Waals surface area (Å²) in [4.78, 5) is 10.0. The van der Waals surface area contributed by atoms with E-state index in [1.807, 2.05) is 0 Å². The Morgan fingerprint density at radius 2 is 1.79 bits per heavy atom. The average molecular weight is 511 g/mol. The molecule has 0 fully saturated rings. The lowest BCUT2D eigenvalue weighted by Gasteiger charge is -2.13. The van der Waals surface area contributed by atoms with Crippen LogP contribution in [0.1, 0.15) is 12.5 Å². The summed E-state index contributed by atoms with van der Waals surface area (Å²) in [6, 6.07) is 14.9. The Bertz CT molecular complexity index is 1340. The Labute approximate surface area is 198 Å². The van der Waals surface area contributed by atoms with Gasteiger partial charge in [0.2, 0.25) is 0 Å². The highest BCUT2D eigenvalue weighted by Crippen LogP contribution is 2.29. The number of nitro groups is 1. The summed E-state index contributed by atoms with van der Waals surface area (Å²) in [5, 5.41) is 15.7. The topological polar surface area (TPSA) is 123 Å². The van der Waals surface area contributed by atoms with E-state index in [1.54, 1.807) is 6.07 Å². The maximum atomic E-state index is 13.0. The van der Waals surface area contributed by atoms with Gasteiger partial charge in [0.05, 0.1) is 16.3 Å². The normalized spacial score (nSPS) is 11.9. The van der Waals surface area contributed by atoms with Gasteiger partial charge in [-0.3, -0.25) is 20.3 Å². The lowest BCUT2D eigenvalue weighted by atomic mass is 10.1. The van der Waals surface area contributed by atoms with Crippen molar-refractivity contribution in [2.24, 2.45) is 5.10 Å². The molecule has 178 valence electrons. The standard InChI is InChI=1S/C21H17ClF2N4O5S/c1-13(17-4-2-3-5-19(17)33-21(23)24)25-26-18-11-10-16(28(29)30)12-20(18)34(31,32)27-15-8-6-14(22)7-9-15/h2-12,21,26-27H,1H3. The minimum atomic E-state index is -4.30. The Kier molecular flexibility index (Phi) is 7.64. The summed E-state index contributed by atoms with van der Waals surface area (Å²) >= 11 is 5.81. The number of nitro benzene ring substituents is 1. The zero-order valence-electron chi connectivity index (χ0n) is 17.4. The molecular formula is C21H17ClF2N4O5S. The third-order valence-corrected chi connectivity index (χ3v) is 6.07. The van der Waals surface area contributed by atoms with E-state index >= 15 is 0 Å². The second-order valence-corrected chi connectivity index (χ2v) is 8.82. The van der Waals surface area contributed by atoms with Gasteiger partial charge < -0.3 is 4.74 Å². The van der Waals surface area contributed by atoms with Gasteiger partial charge in [0.1, 0.15) is 10.6 Å². The van der Waals surface area contributed by atoms with Crippen LogP contribution in [0, 0.1) is 10.1 Å². The van der Waals surface area contributed by atoms with Gasteiger partial charge in [-0.25, -0.2) is 8.42 Å². The van der Waals surface area contributed by atoms with Gasteiger partial charge in [-0.2, -0.15) is 13.9 Å². The molecule has 0 aliphatic rings. The second kappa shape index (κ2) is 10.4. The van der Waals surface area contributed by atoms with Crippen molar-refractivity contribution < 1.29 is 26.9 Å². The molecule has 0 atom stereocenters. The third-order valence-electron chi connectivity index (χ3n) is 4.40. The van der Waals surface area contributed by atoms with Crippen LogP contribution in [-0.4, -0.2) is 25.7 Å². The van der Waals surface area contributed by atoms with E-state index in [2.05, 4.69) is 20.0 Å². The Balaban J connectivity index is 1.98. The number of alkyl halides is 2. The molecule has 34 heavy (non-hydrogen) atoms. The number of para-hydroxylation sites is 1. The van der Waals surface area contributed by atoms with Gasteiger partial charge in [-0.15, -0.1) is 0 Å². The van der Waals surface area contributed by atoms with Crippen molar-refractivity contribution in [2.75, 3.05) is 10.1 Å². The van der Waals surface area contributed by atoms with Crippen molar-refractivity contribution >= 4 is 44.4 Å². The van der Waals surface area contributed by atoms with Crippen LogP contribution in [0.2, 0.25) is 5.02 Å². The van der Waals surface area contributed by atoms with Crippen molar-refractivity contribution in [2.45, 2.75) is 18.4 Å². The molecule has 0 heterocycles. The van der Waals surface area contributed by atoms with Gasteiger partial charge >= 0.3 is 6.61 Å². The first kappa shape index (κ1) is 24.9. The molecular weight excluding hydrogens is 494 g/mol. The zero-order valence-corrected chi connectivity index (χ0v) is 19.0. The van der Waals surface area contributed by atoms with Crippen molar-refractivity contribution in [3.8, 4) is 5.75 Å². The summed E-state index contributed by atoms with van der Waals surface area (Å²) in [5.74, 6) is -0.124. The van der Waals surface area contributed by atoms with Crippen LogP contribution in [0.3, 0.4) is 0 Å². The number of halogens is 3. The van der Waals surface area contributed by atoms with E-state index in [0.29, 0.717) is 5.02 Å². The van der Waals surface area contributed by atoms with Crippen molar-refractivity contribution in [1.82, 2.24) is 0 Å². The van der Waals surface area contributed by atoms with Gasteiger partial charge in [0, 0.05) is 28.4 Å². The highest BCUT2D eigenvalue weighted by atomic mass is 35.5. The van der Waals surface area contributed by atoms with Gasteiger partial charge in [-0.05, 0) is 49.4 Å². The maximum absolute atomic E-state index is 13.0. The molecule has 0 amide bonds. The first-order valence-corrected chi connectivity index (χ1v) is 11.3. The Morgan fingerprint density at radius 1 is 1.12 bits per heavy atom. The van der Waals surface area contributed by atoms with E-state index in [1.165, 1.54) is 55.5 Å². The molecule has 3 aromatic carbocycles. The molecule has 0 spiro atoms. The number of hydrogen-bond donors (Lipinski definition) is 2. The molecule has 13 heteroatoms. The molecule has 3 rings (SSSR count). The van der Waals surface area contributed by atoms with E-state index in [0.717, 1.165) is 12.1 Å². The number of hydrazone groups is 1. The second-order valence-electron chi connectivity index (χ2n) is 6.73. The van der Waals surface area contributed by atoms with Crippen LogP contribution in [0.25, 0.3) is 0 Å². The lowest BCUT2D eigenvalue weighted by Crippen LogP contribution is -2.15. The molecule has 0 aliphatic heterocycles. The lowest BCUT2D eigenvalue weighted by molar-refractivity contribution is -0.385. The molecule has 0 saturated heterocycles. The van der Waals surface area contributed by atoms with Crippen LogP contribution >= 0.6 is 11.6 Å². The molecule has 0 aliphatic carbocycles. The van der Waals surface area contributed by atoms with Crippen molar-refractivity contribution in [3.05, 3.63) is 87.4 Å². The Morgan fingerprint density at radius 3 is 2.44 bits per heavy atom. The summed E-state index contributed by atoms with van der Waals surface area (Å²) in [7, 11) is -4.30. The summed E-state index contributed by atoms with van der Waals surface area (Å²) in [6.45, 7) is -1.56. The minimum Gasteiger partial charge on any atom is -0.434 e. The summed E-state index contributed by atoms with van der Waals surface area (Å²) < 4.78 is 58.2. The highest BCUT2D eigenvalue weighted by Gasteiger charge is 2.23. The molecule has 0 saturated carbocycles. The molecule has 9 nitrogen and oxygen atoms in total. The average Bonchev–Trinajstić information content (AvgIpc) is 2.78. The number of non-ortho nitro benzene ring substituents is 1. The number of rotatable bonds is 9. The number of hydrogen-bond acceptors (Lipinski definition) is 7. The molecule has 0 bridgehead atoms. The summed E-state index contributed by atoms with van der Waals surface area (Å²) in [5.41, 5.74) is 2.61. The van der Waals surface area contributed by atoms with Crippen LogP contribution in [0.15, 0.2) is 76.7 Å². The zero-order chi connectivity index (χ0) is 24.9. The van der Waals surface area contributed by atoms with E-state index in [-0.39, 0.29) is 28.4 Å². The largest absolute Gasteiger partial charge is 0.434 e. The predicted molar refractivity (Wildman–Crippen MR) is 124 cm³/mol. The van der Waals surface area contributed by atoms with E-state index < -0.39 is 32.1 Å². The van der Waals surface area contributed by atoms with Gasteiger partial charge in [0.15, 0.2) is 0 Å². The van der Waals surface area contributed by atoms with E-state index in [9.17, 15) is 27.3 Å². The molecule has 2 N–H and O–H groups in total. The summed E-state index contributed by atoms with van der Waals surface area (Å²) in [6.07, 6.45) is 0. The van der Waals surface area contributed by atoms with Crippen LogP contribution < -0.4 is 14.9 Å². The fourth-order valence-electron chi connectivity index (χ4n) is 2.84. The number of ether oxygens (including phenoxy) is 1. The number of nitrogens with zero attached hydrogens (tertiary/aromatic N) is 2. The SMILES string of the molecule is CC(=NNc1ccc([N+](=O)[O-])cc1S(=O)(=O)Nc1ccc(Cl)cc1)c1ccccc1OC(F)F. The number of nitrogens with one attached hydrogen (secondary N) is 2. The fraction of sp³-hybridized carbons (Fsp3) is 0.0952. The molecule has 3 aromatic rings. The quantitative estimate of drug-likeness (QED) is 0.223. The van der Waals surface area contributed by atoms with Crippen molar-refractivity contribution in [3.63, 3.8) is 0 Å². The van der Waals surface area contributed by atoms with Gasteiger partial charge in [-0.1, -0.05) is 23.7 Å². The van der Waals surface area contributed by atoms with E-state index in [4.69, 9.17) is 11.6 Å². The predicted octanol–water partition coefficient (Wildman–Crippen LogP) is 5.49. The Hall–Kier alpha value is -3.77. The first-order valence-electron chi connectivity index (χ1n) is 9.48. The third kappa shape index (κ3) is 6.17. The van der Waals surface area contributed by atoms with Crippen LogP contribution in [0.5, 0.6) is 5.75 Å². The smallest absolute Gasteiger partial charge is 0.387 e. The molecule has 0 unspecified atom stereocenters. The number of sulfonamides is 1. The number of benzene rings is 3. The van der Waals surface area contributed by atoms with Crippen LogP contribution in [0.4, 0.5) is 25.8 Å². The molecule has 0 radical (unpaired) electrons. The molecule has 0 aromatic heterocycles. The first-order chi connectivity index (χ1) is 16.1. The minimum absolute atomic E-state index is 0.0846. The monoisotopic (exact) mass is 510 g/mol. The van der Waals surface area contributed by atoms with Gasteiger partial charge in [0.25, 0.3) is 15.7 Å². The van der Waals surface area contributed by atoms with Crippen molar-refractivity contribution in [1.29, 1.82) is 0 Å². The van der Waals surface area contributed by atoms with Crippen LogP contribution in [-0.2, 0) is 10.0 Å². The fourth-order valence-corrected chi connectivity index (χ4v) is 4.20. The highest BCUT2D eigenvalue weighted by molar-refractivity contribution is 7.92. The number of anilines is 2.